The van der Waals surface area contributed by atoms with Crippen molar-refractivity contribution in [3.8, 4) is 12.3 Å². The molecule has 1 aromatic carbocycles. The Kier molecular flexibility index (Phi) is 3.90. The van der Waals surface area contributed by atoms with Gasteiger partial charge in [0.1, 0.15) is 5.82 Å². The van der Waals surface area contributed by atoms with Crippen molar-refractivity contribution in [2.45, 2.75) is 19.4 Å². The van der Waals surface area contributed by atoms with Gasteiger partial charge in [0.2, 0.25) is 0 Å². The summed E-state index contributed by atoms with van der Waals surface area (Å²) < 4.78 is 13.4. The molecule has 3 N–H and O–H groups in total. The molecular weight excluding hydrogens is 207 g/mol. The number of rotatable bonds is 3. The zero-order valence-electron chi connectivity index (χ0n) is 8.96. The molecule has 1 aromatic rings. The fourth-order valence-electron chi connectivity index (χ4n) is 1.24. The van der Waals surface area contributed by atoms with Gasteiger partial charge in [0, 0.05) is 18.2 Å². The molecule has 0 aliphatic rings. The van der Waals surface area contributed by atoms with Crippen molar-refractivity contribution in [1.29, 1.82) is 0 Å². The molecule has 84 valence electrons. The third-order valence-corrected chi connectivity index (χ3v) is 2.04. The molecule has 0 aliphatic carbocycles. The minimum Gasteiger partial charge on any atom is -0.399 e. The molecule has 1 amide bonds. The molecule has 16 heavy (non-hydrogen) atoms. The quantitative estimate of drug-likeness (QED) is 0.599. The summed E-state index contributed by atoms with van der Waals surface area (Å²) in [6, 6.07) is 3.75. The number of anilines is 1. The van der Waals surface area contributed by atoms with Crippen molar-refractivity contribution >= 4 is 11.6 Å². The Morgan fingerprint density at radius 2 is 2.38 bits per heavy atom. The molecule has 1 unspecified atom stereocenters. The van der Waals surface area contributed by atoms with Crippen LogP contribution < -0.4 is 11.1 Å². The maximum absolute atomic E-state index is 13.4. The van der Waals surface area contributed by atoms with Gasteiger partial charge in [-0.1, -0.05) is 0 Å². The van der Waals surface area contributed by atoms with Crippen molar-refractivity contribution in [3.63, 3.8) is 0 Å². The SMILES string of the molecule is C#CCC(C)NC(=O)c1ccc(N)cc1F. The predicted molar refractivity (Wildman–Crippen MR) is 61.2 cm³/mol. The molecule has 0 saturated heterocycles. The first-order valence-electron chi connectivity index (χ1n) is 4.84. The summed E-state index contributed by atoms with van der Waals surface area (Å²) in [5.41, 5.74) is 5.63. The minimum atomic E-state index is -0.634. The second kappa shape index (κ2) is 5.17. The number of halogens is 1. The van der Waals surface area contributed by atoms with Gasteiger partial charge in [-0.3, -0.25) is 4.79 Å². The number of amides is 1. The van der Waals surface area contributed by atoms with E-state index in [1.54, 1.807) is 6.92 Å². The molecule has 1 rings (SSSR count). The topological polar surface area (TPSA) is 55.1 Å². The lowest BCUT2D eigenvalue weighted by Gasteiger charge is -2.11. The molecule has 0 aromatic heterocycles. The zero-order valence-corrected chi connectivity index (χ0v) is 8.96. The summed E-state index contributed by atoms with van der Waals surface area (Å²) in [6.45, 7) is 1.76. The predicted octanol–water partition coefficient (Wildman–Crippen LogP) is 1.55. The smallest absolute Gasteiger partial charge is 0.254 e. The van der Waals surface area contributed by atoms with Crippen molar-refractivity contribution < 1.29 is 9.18 Å². The Bertz CT molecular complexity index is 437. The van der Waals surface area contributed by atoms with Gasteiger partial charge in [0.05, 0.1) is 5.56 Å². The zero-order chi connectivity index (χ0) is 12.1. The van der Waals surface area contributed by atoms with E-state index in [4.69, 9.17) is 12.2 Å². The van der Waals surface area contributed by atoms with E-state index in [1.165, 1.54) is 12.1 Å². The summed E-state index contributed by atoms with van der Waals surface area (Å²) in [6.07, 6.45) is 5.51. The second-order valence-corrected chi connectivity index (χ2v) is 3.52. The maximum Gasteiger partial charge on any atom is 0.254 e. The average molecular weight is 220 g/mol. The molecule has 4 heteroatoms. The number of benzene rings is 1. The monoisotopic (exact) mass is 220 g/mol. The molecule has 0 aliphatic heterocycles. The van der Waals surface area contributed by atoms with E-state index in [0.717, 1.165) is 6.07 Å². The van der Waals surface area contributed by atoms with Crippen LogP contribution in [0.25, 0.3) is 0 Å². The van der Waals surface area contributed by atoms with Crippen LogP contribution in [0.2, 0.25) is 0 Å². The molecule has 0 heterocycles. The highest BCUT2D eigenvalue weighted by atomic mass is 19.1. The van der Waals surface area contributed by atoms with Crippen molar-refractivity contribution in [3.05, 3.63) is 29.6 Å². The Morgan fingerprint density at radius 3 is 2.94 bits per heavy atom. The van der Waals surface area contributed by atoms with Gasteiger partial charge in [-0.05, 0) is 25.1 Å². The first-order chi connectivity index (χ1) is 7.54. The highest BCUT2D eigenvalue weighted by molar-refractivity contribution is 5.95. The first kappa shape index (κ1) is 12.1. The van der Waals surface area contributed by atoms with Crippen molar-refractivity contribution in [2.24, 2.45) is 0 Å². The highest BCUT2D eigenvalue weighted by Gasteiger charge is 2.13. The van der Waals surface area contributed by atoms with Crippen LogP contribution in [-0.2, 0) is 0 Å². The van der Waals surface area contributed by atoms with Crippen LogP contribution in [0, 0.1) is 18.2 Å². The van der Waals surface area contributed by atoms with E-state index in [0.29, 0.717) is 6.42 Å². The minimum absolute atomic E-state index is 0.0296. The molecule has 1 atom stereocenters. The number of hydrogen-bond donors (Lipinski definition) is 2. The molecule has 0 bridgehead atoms. The molecule has 3 nitrogen and oxygen atoms in total. The van der Waals surface area contributed by atoms with E-state index >= 15 is 0 Å². The molecule has 0 spiro atoms. The lowest BCUT2D eigenvalue weighted by molar-refractivity contribution is 0.0937. The molecular formula is C12H13FN2O. The first-order valence-corrected chi connectivity index (χ1v) is 4.84. The Balaban J connectivity index is 2.78. The average Bonchev–Trinajstić information content (AvgIpc) is 2.17. The second-order valence-electron chi connectivity index (χ2n) is 3.52. The summed E-state index contributed by atoms with van der Waals surface area (Å²) in [4.78, 5) is 11.6. The standard InChI is InChI=1S/C12H13FN2O/c1-3-4-8(2)15-12(16)10-6-5-9(14)7-11(10)13/h1,5-8H,4,14H2,2H3,(H,15,16). The van der Waals surface area contributed by atoms with E-state index in [1.807, 2.05) is 0 Å². The maximum atomic E-state index is 13.4. The Morgan fingerprint density at radius 1 is 1.69 bits per heavy atom. The molecule has 0 saturated carbocycles. The van der Waals surface area contributed by atoms with Gasteiger partial charge in [-0.25, -0.2) is 4.39 Å². The van der Waals surface area contributed by atoms with E-state index in [9.17, 15) is 9.18 Å². The fraction of sp³-hybridized carbons (Fsp3) is 0.250. The van der Waals surface area contributed by atoms with Crippen LogP contribution >= 0.6 is 0 Å². The van der Waals surface area contributed by atoms with Gasteiger partial charge >= 0.3 is 0 Å². The number of carbonyl (C=O) groups excluding carboxylic acids is 1. The number of hydrogen-bond acceptors (Lipinski definition) is 2. The summed E-state index contributed by atoms with van der Waals surface area (Å²) in [7, 11) is 0. The van der Waals surface area contributed by atoms with Gasteiger partial charge in [0.15, 0.2) is 0 Å². The van der Waals surface area contributed by atoms with Gasteiger partial charge in [0.25, 0.3) is 5.91 Å². The number of nitrogens with two attached hydrogens (primary N) is 1. The fourth-order valence-corrected chi connectivity index (χ4v) is 1.24. The van der Waals surface area contributed by atoms with Crippen LogP contribution in [0.15, 0.2) is 18.2 Å². The van der Waals surface area contributed by atoms with Crippen LogP contribution in [-0.4, -0.2) is 11.9 Å². The van der Waals surface area contributed by atoms with Crippen molar-refractivity contribution in [2.75, 3.05) is 5.73 Å². The lowest BCUT2D eigenvalue weighted by Crippen LogP contribution is -2.32. The van der Waals surface area contributed by atoms with Crippen LogP contribution in [0.4, 0.5) is 10.1 Å². The van der Waals surface area contributed by atoms with Crippen molar-refractivity contribution in [1.82, 2.24) is 5.32 Å². The van der Waals surface area contributed by atoms with E-state index < -0.39 is 11.7 Å². The number of nitrogen functional groups attached to an aromatic ring is 1. The Hall–Kier alpha value is -2.02. The summed E-state index contributed by atoms with van der Waals surface area (Å²) in [5.74, 6) is 1.30. The third kappa shape index (κ3) is 2.99. The third-order valence-electron chi connectivity index (χ3n) is 2.04. The van der Waals surface area contributed by atoms with Gasteiger partial charge in [-0.2, -0.15) is 0 Å². The number of terminal acetylenes is 1. The highest BCUT2D eigenvalue weighted by Crippen LogP contribution is 2.11. The number of nitrogens with one attached hydrogen (secondary N) is 1. The van der Waals surface area contributed by atoms with E-state index in [-0.39, 0.29) is 17.3 Å². The Labute approximate surface area is 93.8 Å². The van der Waals surface area contributed by atoms with Gasteiger partial charge < -0.3 is 11.1 Å². The summed E-state index contributed by atoms with van der Waals surface area (Å²) >= 11 is 0. The molecule has 0 fully saturated rings. The normalized spacial score (nSPS) is 11.6. The van der Waals surface area contributed by atoms with E-state index in [2.05, 4.69) is 11.2 Å². The van der Waals surface area contributed by atoms with Gasteiger partial charge in [-0.15, -0.1) is 12.3 Å². The van der Waals surface area contributed by atoms with Crippen LogP contribution in [0.3, 0.4) is 0 Å². The summed E-state index contributed by atoms with van der Waals surface area (Å²) in [5, 5.41) is 2.60. The number of carbonyl (C=O) groups is 1. The van der Waals surface area contributed by atoms with Crippen LogP contribution in [0.5, 0.6) is 0 Å². The van der Waals surface area contributed by atoms with Crippen LogP contribution in [0.1, 0.15) is 23.7 Å². The molecule has 0 radical (unpaired) electrons. The largest absolute Gasteiger partial charge is 0.399 e. The lowest BCUT2D eigenvalue weighted by atomic mass is 10.1.